The number of alkyl halides is 4. The van der Waals surface area contributed by atoms with Gasteiger partial charge in [0.25, 0.3) is 0 Å². The molecule has 0 fully saturated rings. The molecule has 0 saturated heterocycles. The lowest BCUT2D eigenvalue weighted by Crippen LogP contribution is -2.18. The Labute approximate surface area is 99.1 Å². The number of ketones is 1. The predicted octanol–water partition coefficient (Wildman–Crippen LogP) is 3.59. The third-order valence-electron chi connectivity index (χ3n) is 1.83. The smallest absolute Gasteiger partial charge is 0.403 e. The van der Waals surface area contributed by atoms with Crippen LogP contribution < -0.4 is 4.74 Å². The summed E-state index contributed by atoms with van der Waals surface area (Å²) in [7, 11) is 0. The van der Waals surface area contributed by atoms with Gasteiger partial charge in [-0.15, -0.1) is 24.8 Å². The summed E-state index contributed by atoms with van der Waals surface area (Å²) >= 11 is 5.63. The van der Waals surface area contributed by atoms with Gasteiger partial charge in [0.1, 0.15) is 5.38 Å². The number of halogens is 5. The molecule has 0 radical (unpaired) electrons. The van der Waals surface area contributed by atoms with E-state index in [1.165, 1.54) is 6.92 Å². The maximum atomic E-state index is 13.0. The van der Waals surface area contributed by atoms with Crippen molar-refractivity contribution in [2.75, 3.05) is 0 Å². The van der Waals surface area contributed by atoms with Crippen LogP contribution in [0.15, 0.2) is 18.2 Å². The molecule has 1 aromatic rings. The zero-order valence-electron chi connectivity index (χ0n) is 8.52. The molecular formula is C10H7ClF4O2. The van der Waals surface area contributed by atoms with Gasteiger partial charge in [-0.3, -0.25) is 4.79 Å². The lowest BCUT2D eigenvalue weighted by molar-refractivity contribution is -0.275. The van der Waals surface area contributed by atoms with Gasteiger partial charge in [0.15, 0.2) is 17.3 Å². The van der Waals surface area contributed by atoms with Crippen LogP contribution in [0.1, 0.15) is 17.9 Å². The van der Waals surface area contributed by atoms with Crippen molar-refractivity contribution in [3.8, 4) is 5.75 Å². The van der Waals surface area contributed by atoms with Crippen LogP contribution in [0.3, 0.4) is 0 Å². The highest BCUT2D eigenvalue weighted by Crippen LogP contribution is 2.30. The fourth-order valence-electron chi connectivity index (χ4n) is 1.12. The first-order valence-corrected chi connectivity index (χ1v) is 4.84. The molecule has 0 saturated carbocycles. The van der Waals surface area contributed by atoms with Gasteiger partial charge in [-0.05, 0) is 24.6 Å². The summed E-state index contributed by atoms with van der Waals surface area (Å²) in [5.74, 6) is -2.66. The van der Waals surface area contributed by atoms with E-state index in [1.807, 2.05) is 0 Å². The number of Topliss-reactive ketones (excluding diaryl/α,β-unsaturated/α-hetero) is 1. The van der Waals surface area contributed by atoms with Crippen molar-refractivity contribution in [2.24, 2.45) is 0 Å². The molecule has 94 valence electrons. The monoisotopic (exact) mass is 270 g/mol. The van der Waals surface area contributed by atoms with E-state index in [0.717, 1.165) is 18.2 Å². The van der Waals surface area contributed by atoms with E-state index in [0.29, 0.717) is 0 Å². The molecule has 1 unspecified atom stereocenters. The molecule has 0 aromatic heterocycles. The zero-order valence-corrected chi connectivity index (χ0v) is 9.27. The molecule has 0 aliphatic rings. The van der Waals surface area contributed by atoms with Gasteiger partial charge < -0.3 is 4.74 Å². The number of rotatable bonds is 3. The maximum Gasteiger partial charge on any atom is 0.573 e. The van der Waals surface area contributed by atoms with E-state index in [2.05, 4.69) is 4.74 Å². The van der Waals surface area contributed by atoms with Gasteiger partial charge in [-0.1, -0.05) is 6.07 Å². The van der Waals surface area contributed by atoms with Gasteiger partial charge in [0.2, 0.25) is 0 Å². The minimum absolute atomic E-state index is 0.0415. The van der Waals surface area contributed by atoms with Crippen molar-refractivity contribution in [3.63, 3.8) is 0 Å². The number of carbonyl (C=O) groups excluding carboxylic acids is 1. The first-order chi connectivity index (χ1) is 7.70. The van der Waals surface area contributed by atoms with Crippen molar-refractivity contribution in [3.05, 3.63) is 29.6 Å². The molecule has 1 atom stereocenters. The van der Waals surface area contributed by atoms with E-state index in [1.54, 1.807) is 0 Å². The summed E-state index contributed by atoms with van der Waals surface area (Å²) in [6.45, 7) is 1.17. The second-order valence-corrected chi connectivity index (χ2v) is 3.65. The first kappa shape index (κ1) is 13.8. The van der Waals surface area contributed by atoms with E-state index in [4.69, 9.17) is 11.6 Å². The fourth-order valence-corrected chi connectivity index (χ4v) is 1.25. The molecule has 0 amide bonds. The summed E-state index contributed by atoms with van der Waals surface area (Å²) in [4.78, 5) is 10.9. The summed E-state index contributed by atoms with van der Waals surface area (Å²) in [5.41, 5.74) is 0.0415. The summed E-state index contributed by atoms with van der Waals surface area (Å²) in [5, 5.41) is -1.13. The summed E-state index contributed by atoms with van der Waals surface area (Å²) < 4.78 is 52.2. The van der Waals surface area contributed by atoms with E-state index in [-0.39, 0.29) is 5.56 Å². The largest absolute Gasteiger partial charge is 0.573 e. The Morgan fingerprint density at radius 1 is 1.41 bits per heavy atom. The highest BCUT2D eigenvalue weighted by Gasteiger charge is 2.32. The van der Waals surface area contributed by atoms with Gasteiger partial charge in [-0.25, -0.2) is 4.39 Å². The van der Waals surface area contributed by atoms with E-state index in [9.17, 15) is 22.4 Å². The molecule has 0 bridgehead atoms. The SMILES string of the molecule is CC(=O)C(Cl)c1ccc(F)c(OC(F)(F)F)c1. The van der Waals surface area contributed by atoms with Crippen LogP contribution in [0, 0.1) is 5.82 Å². The molecule has 0 aliphatic heterocycles. The lowest BCUT2D eigenvalue weighted by Gasteiger charge is -2.12. The third-order valence-corrected chi connectivity index (χ3v) is 2.39. The topological polar surface area (TPSA) is 26.3 Å². The molecule has 0 N–H and O–H groups in total. The van der Waals surface area contributed by atoms with Crippen molar-refractivity contribution < 1.29 is 27.1 Å². The van der Waals surface area contributed by atoms with Crippen molar-refractivity contribution >= 4 is 17.4 Å². The Balaban J connectivity index is 3.06. The van der Waals surface area contributed by atoms with Crippen LogP contribution in [-0.2, 0) is 4.79 Å². The molecule has 0 aliphatic carbocycles. The highest BCUT2D eigenvalue weighted by atomic mass is 35.5. The van der Waals surface area contributed by atoms with Crippen LogP contribution in [0.4, 0.5) is 17.6 Å². The molecule has 0 heterocycles. The van der Waals surface area contributed by atoms with Gasteiger partial charge in [-0.2, -0.15) is 0 Å². The predicted molar refractivity (Wildman–Crippen MR) is 52.4 cm³/mol. The van der Waals surface area contributed by atoms with E-state index >= 15 is 0 Å². The molecule has 1 rings (SSSR count). The number of carbonyl (C=O) groups is 1. The van der Waals surface area contributed by atoms with Crippen LogP contribution in [0.2, 0.25) is 0 Å². The standard InChI is InChI=1S/C10H7ClF4O2/c1-5(16)9(11)6-2-3-7(12)8(4-6)17-10(13,14)15/h2-4,9H,1H3. The Hall–Kier alpha value is -1.30. The first-order valence-electron chi connectivity index (χ1n) is 4.40. The Morgan fingerprint density at radius 2 is 2.00 bits per heavy atom. The molecule has 7 heteroatoms. The summed E-state index contributed by atoms with van der Waals surface area (Å²) in [6, 6.07) is 2.63. The van der Waals surface area contributed by atoms with Gasteiger partial charge in [0.05, 0.1) is 0 Å². The van der Waals surface area contributed by atoms with E-state index < -0.39 is 29.1 Å². The molecule has 0 spiro atoms. The average molecular weight is 271 g/mol. The number of benzene rings is 1. The third kappa shape index (κ3) is 3.89. The van der Waals surface area contributed by atoms with Gasteiger partial charge >= 0.3 is 6.36 Å². The van der Waals surface area contributed by atoms with Gasteiger partial charge in [0, 0.05) is 0 Å². The van der Waals surface area contributed by atoms with Crippen molar-refractivity contribution in [1.29, 1.82) is 0 Å². The normalized spacial score (nSPS) is 13.3. The minimum Gasteiger partial charge on any atom is -0.403 e. The van der Waals surface area contributed by atoms with Crippen LogP contribution in [0.25, 0.3) is 0 Å². The molecular weight excluding hydrogens is 264 g/mol. The Kier molecular flexibility index (Phi) is 3.98. The Morgan fingerprint density at radius 3 is 2.47 bits per heavy atom. The van der Waals surface area contributed by atoms with Crippen molar-refractivity contribution in [1.82, 2.24) is 0 Å². The maximum absolute atomic E-state index is 13.0. The van der Waals surface area contributed by atoms with Crippen molar-refractivity contribution in [2.45, 2.75) is 18.7 Å². The number of hydrogen-bond donors (Lipinski definition) is 0. The lowest BCUT2D eigenvalue weighted by atomic mass is 10.1. The number of ether oxygens (including phenoxy) is 1. The van der Waals surface area contributed by atoms with Crippen LogP contribution in [-0.4, -0.2) is 12.1 Å². The Bertz CT molecular complexity index is 431. The number of hydrogen-bond acceptors (Lipinski definition) is 2. The minimum atomic E-state index is -5.00. The molecule has 1 aromatic carbocycles. The quantitative estimate of drug-likeness (QED) is 0.620. The van der Waals surface area contributed by atoms with Crippen LogP contribution >= 0.6 is 11.6 Å². The zero-order chi connectivity index (χ0) is 13.2. The second-order valence-electron chi connectivity index (χ2n) is 3.21. The average Bonchev–Trinajstić information content (AvgIpc) is 2.18. The van der Waals surface area contributed by atoms with Crippen LogP contribution in [0.5, 0.6) is 5.75 Å². The fraction of sp³-hybridized carbons (Fsp3) is 0.300. The summed E-state index contributed by atoms with van der Waals surface area (Å²) in [6.07, 6.45) is -5.00. The molecule has 17 heavy (non-hydrogen) atoms. The second kappa shape index (κ2) is 4.91. The molecule has 2 nitrogen and oxygen atoms in total. The highest BCUT2D eigenvalue weighted by molar-refractivity contribution is 6.30.